The largest absolute Gasteiger partial charge is 0.337 e. The number of alkyl halides is 2. The number of rotatable bonds is 3. The van der Waals surface area contributed by atoms with E-state index in [1.165, 1.54) is 18.7 Å². The number of nitrogens with one attached hydrogen (secondary N) is 1. The van der Waals surface area contributed by atoms with Crippen molar-refractivity contribution in [2.45, 2.75) is 26.1 Å². The Morgan fingerprint density at radius 2 is 2.13 bits per heavy atom. The summed E-state index contributed by atoms with van der Waals surface area (Å²) >= 11 is 0. The number of hydrogen-bond donors (Lipinski definition) is 1. The third kappa shape index (κ3) is 2.45. The maximum Gasteiger partial charge on any atom is 0.231 e. The lowest BCUT2D eigenvalue weighted by atomic mass is 9.94. The van der Waals surface area contributed by atoms with Gasteiger partial charge in [0.15, 0.2) is 0 Å². The van der Waals surface area contributed by atoms with Crippen LogP contribution in [-0.2, 0) is 4.79 Å². The molecule has 1 rings (SSSR count). The number of amides is 1. The highest BCUT2D eigenvalue weighted by atomic mass is 19.1. The smallest absolute Gasteiger partial charge is 0.231 e. The van der Waals surface area contributed by atoms with Crippen molar-refractivity contribution in [1.29, 1.82) is 0 Å². The Kier molecular flexibility index (Phi) is 3.65. The summed E-state index contributed by atoms with van der Waals surface area (Å²) in [5.74, 6) is -0.314. The molecule has 0 aromatic carbocycles. The van der Waals surface area contributed by atoms with Crippen molar-refractivity contribution in [1.82, 2.24) is 10.2 Å². The highest BCUT2D eigenvalue weighted by molar-refractivity contribution is 5.82. The van der Waals surface area contributed by atoms with Gasteiger partial charge in [-0.2, -0.15) is 0 Å². The molecule has 0 aromatic rings. The molecule has 0 unspecified atom stereocenters. The second kappa shape index (κ2) is 4.43. The van der Waals surface area contributed by atoms with Gasteiger partial charge in [0, 0.05) is 6.54 Å². The third-order valence-electron chi connectivity index (χ3n) is 2.82. The van der Waals surface area contributed by atoms with Crippen molar-refractivity contribution in [2.24, 2.45) is 5.41 Å². The van der Waals surface area contributed by atoms with Crippen molar-refractivity contribution >= 4 is 5.91 Å². The zero-order valence-electron chi connectivity index (χ0n) is 9.39. The fraction of sp³-hybridized carbons (Fsp3) is 0.900. The molecule has 1 N–H and O–H groups in total. The maximum absolute atomic E-state index is 13.3. The first-order valence-corrected chi connectivity index (χ1v) is 5.09. The van der Waals surface area contributed by atoms with Crippen molar-refractivity contribution in [3.63, 3.8) is 0 Å². The number of carbonyl (C=O) groups excluding carboxylic acids is 1. The molecule has 88 valence electrons. The van der Waals surface area contributed by atoms with E-state index in [-0.39, 0.29) is 18.5 Å². The summed E-state index contributed by atoms with van der Waals surface area (Å²) in [5.41, 5.74) is -1.04. The van der Waals surface area contributed by atoms with Gasteiger partial charge in [0.25, 0.3) is 0 Å². The molecule has 1 aliphatic rings. The SMILES string of the molecule is CN[C@@H]1CN(C(=O)C(C)(C)CF)C[C@@H]1F. The Morgan fingerprint density at radius 3 is 2.53 bits per heavy atom. The van der Waals surface area contributed by atoms with E-state index in [1.54, 1.807) is 7.05 Å². The first-order valence-electron chi connectivity index (χ1n) is 5.09. The van der Waals surface area contributed by atoms with Crippen molar-refractivity contribution in [3.8, 4) is 0 Å². The van der Waals surface area contributed by atoms with Gasteiger partial charge in [-0.05, 0) is 20.9 Å². The Labute approximate surface area is 88.8 Å². The van der Waals surface area contributed by atoms with Gasteiger partial charge in [-0.1, -0.05) is 0 Å². The van der Waals surface area contributed by atoms with Gasteiger partial charge in [0.1, 0.15) is 12.8 Å². The summed E-state index contributed by atoms with van der Waals surface area (Å²) in [6.45, 7) is 2.74. The van der Waals surface area contributed by atoms with E-state index in [9.17, 15) is 13.6 Å². The fourth-order valence-electron chi connectivity index (χ4n) is 1.69. The summed E-state index contributed by atoms with van der Waals surface area (Å²) in [7, 11) is 1.66. The molecule has 1 aliphatic heterocycles. The maximum atomic E-state index is 13.3. The highest BCUT2D eigenvalue weighted by Gasteiger charge is 2.40. The molecule has 2 atom stereocenters. The predicted molar refractivity (Wildman–Crippen MR) is 54.1 cm³/mol. The van der Waals surface area contributed by atoms with Crippen molar-refractivity contribution in [3.05, 3.63) is 0 Å². The molecule has 1 amide bonds. The van der Waals surface area contributed by atoms with Crippen LogP contribution in [0.3, 0.4) is 0 Å². The quantitative estimate of drug-likeness (QED) is 0.761. The van der Waals surface area contributed by atoms with Gasteiger partial charge in [0.05, 0.1) is 18.0 Å². The summed E-state index contributed by atoms with van der Waals surface area (Å²) in [6.07, 6.45) is -1.06. The van der Waals surface area contributed by atoms with E-state index in [2.05, 4.69) is 5.32 Å². The van der Waals surface area contributed by atoms with Crippen LogP contribution in [0.4, 0.5) is 8.78 Å². The summed E-state index contributed by atoms with van der Waals surface area (Å²) < 4.78 is 25.9. The molecule has 5 heteroatoms. The number of carbonyl (C=O) groups is 1. The molecule has 3 nitrogen and oxygen atoms in total. The first-order chi connectivity index (χ1) is 6.92. The minimum atomic E-state index is -1.06. The number of hydrogen-bond acceptors (Lipinski definition) is 2. The molecule has 0 saturated carbocycles. The molecule has 1 fully saturated rings. The lowest BCUT2D eigenvalue weighted by molar-refractivity contribution is -0.140. The van der Waals surface area contributed by atoms with E-state index in [1.807, 2.05) is 0 Å². The predicted octanol–water partition coefficient (Wildman–Crippen LogP) is 0.750. The van der Waals surface area contributed by atoms with Crippen LogP contribution in [-0.4, -0.2) is 49.8 Å². The monoisotopic (exact) mass is 220 g/mol. The summed E-state index contributed by atoms with van der Waals surface area (Å²) in [4.78, 5) is 13.2. The van der Waals surface area contributed by atoms with Gasteiger partial charge in [-0.15, -0.1) is 0 Å². The lowest BCUT2D eigenvalue weighted by Crippen LogP contribution is -2.42. The Bertz CT molecular complexity index is 246. The molecule has 0 aromatic heterocycles. The van der Waals surface area contributed by atoms with Crippen LogP contribution in [0.1, 0.15) is 13.8 Å². The van der Waals surface area contributed by atoms with Gasteiger partial charge >= 0.3 is 0 Å². The van der Waals surface area contributed by atoms with Gasteiger partial charge in [-0.25, -0.2) is 8.78 Å². The van der Waals surface area contributed by atoms with Crippen LogP contribution in [0.25, 0.3) is 0 Å². The fourth-order valence-corrected chi connectivity index (χ4v) is 1.69. The number of likely N-dealkylation sites (N-methyl/N-ethyl adjacent to an activating group) is 1. The topological polar surface area (TPSA) is 32.3 Å². The van der Waals surface area contributed by atoms with Gasteiger partial charge in [-0.3, -0.25) is 4.79 Å². The van der Waals surface area contributed by atoms with Crippen LogP contribution in [0.15, 0.2) is 0 Å². The molecular formula is C10H18F2N2O. The van der Waals surface area contributed by atoms with Crippen molar-refractivity contribution in [2.75, 3.05) is 26.8 Å². The second-order valence-electron chi connectivity index (χ2n) is 4.64. The van der Waals surface area contributed by atoms with Gasteiger partial charge < -0.3 is 10.2 Å². The molecule has 0 aliphatic carbocycles. The van der Waals surface area contributed by atoms with Crippen LogP contribution >= 0.6 is 0 Å². The normalized spacial score (nSPS) is 27.1. The Balaban J connectivity index is 2.64. The average Bonchev–Trinajstić information content (AvgIpc) is 2.58. The zero-order valence-corrected chi connectivity index (χ0v) is 9.39. The van der Waals surface area contributed by atoms with Crippen LogP contribution in [0.2, 0.25) is 0 Å². The average molecular weight is 220 g/mol. The first kappa shape index (κ1) is 12.4. The molecule has 0 radical (unpaired) electrons. The molecule has 1 heterocycles. The van der Waals surface area contributed by atoms with Crippen molar-refractivity contribution < 1.29 is 13.6 Å². The standard InChI is InChI=1S/C10H18F2N2O/c1-10(2,6-11)9(15)14-4-7(12)8(5-14)13-3/h7-8,13H,4-6H2,1-3H3/t7-,8+/m0/s1. The zero-order chi connectivity index (χ0) is 11.6. The van der Waals surface area contributed by atoms with E-state index in [0.29, 0.717) is 6.54 Å². The van der Waals surface area contributed by atoms with Crippen LogP contribution < -0.4 is 5.32 Å². The number of nitrogens with zero attached hydrogens (tertiary/aromatic N) is 1. The third-order valence-corrected chi connectivity index (χ3v) is 2.82. The van der Waals surface area contributed by atoms with E-state index in [4.69, 9.17) is 0 Å². The number of likely N-dealkylation sites (tertiary alicyclic amines) is 1. The molecular weight excluding hydrogens is 202 g/mol. The van der Waals surface area contributed by atoms with E-state index >= 15 is 0 Å². The van der Waals surface area contributed by atoms with Gasteiger partial charge in [0.2, 0.25) is 5.91 Å². The minimum absolute atomic E-state index is 0.0633. The number of halogens is 2. The molecule has 15 heavy (non-hydrogen) atoms. The lowest BCUT2D eigenvalue weighted by Gasteiger charge is -2.26. The Morgan fingerprint density at radius 1 is 1.53 bits per heavy atom. The minimum Gasteiger partial charge on any atom is -0.337 e. The summed E-state index contributed by atoms with van der Waals surface area (Å²) in [5, 5.41) is 2.81. The Hall–Kier alpha value is -0.710. The van der Waals surface area contributed by atoms with Crippen LogP contribution in [0, 0.1) is 5.41 Å². The summed E-state index contributed by atoms with van der Waals surface area (Å²) in [6, 6.07) is -0.329. The molecule has 0 bridgehead atoms. The highest BCUT2D eigenvalue weighted by Crippen LogP contribution is 2.23. The van der Waals surface area contributed by atoms with E-state index < -0.39 is 18.3 Å². The molecule has 1 saturated heterocycles. The van der Waals surface area contributed by atoms with E-state index in [0.717, 1.165) is 0 Å². The second-order valence-corrected chi connectivity index (χ2v) is 4.64. The molecule has 0 spiro atoms. The van der Waals surface area contributed by atoms with Crippen LogP contribution in [0.5, 0.6) is 0 Å².